The van der Waals surface area contributed by atoms with Gasteiger partial charge in [0.2, 0.25) is 5.91 Å². The Hall–Kier alpha value is -2.17. The molecule has 5 heteroatoms. The summed E-state index contributed by atoms with van der Waals surface area (Å²) in [6.45, 7) is 2.23. The summed E-state index contributed by atoms with van der Waals surface area (Å²) in [6, 6.07) is 5.82. The molecule has 0 bridgehead atoms. The molecule has 0 radical (unpaired) electrons. The molecule has 0 spiro atoms. The minimum atomic E-state index is -0.856. The molecule has 0 saturated carbocycles. The van der Waals surface area contributed by atoms with Gasteiger partial charge < -0.3 is 5.73 Å². The second kappa shape index (κ2) is 11.6. The minimum Gasteiger partial charge on any atom is -0.368 e. The Balaban J connectivity index is 1.70. The fourth-order valence-electron chi connectivity index (χ4n) is 3.89. The summed E-state index contributed by atoms with van der Waals surface area (Å²) in [5.41, 5.74) is 6.24. The highest BCUT2D eigenvalue weighted by molar-refractivity contribution is 6.22. The average molecular weight is 387 g/mol. The largest absolute Gasteiger partial charge is 0.368 e. The molecule has 1 unspecified atom stereocenters. The van der Waals surface area contributed by atoms with Crippen LogP contribution in [0.15, 0.2) is 24.3 Å². The number of hydrogen-bond acceptors (Lipinski definition) is 3. The minimum absolute atomic E-state index is 0.359. The quantitative estimate of drug-likeness (QED) is 0.367. The molecule has 1 atom stereocenters. The van der Waals surface area contributed by atoms with Crippen LogP contribution in [0.25, 0.3) is 0 Å². The van der Waals surface area contributed by atoms with E-state index in [0.717, 1.165) is 24.2 Å². The number of nitrogens with zero attached hydrogens (tertiary/aromatic N) is 1. The summed E-state index contributed by atoms with van der Waals surface area (Å²) in [7, 11) is 0. The average Bonchev–Trinajstić information content (AvgIpc) is 2.94. The Morgan fingerprint density at radius 2 is 1.25 bits per heavy atom. The lowest BCUT2D eigenvalue weighted by molar-refractivity contribution is -0.122. The van der Waals surface area contributed by atoms with E-state index in [9.17, 15) is 14.4 Å². The lowest BCUT2D eigenvalue weighted by atomic mass is 10.0. The van der Waals surface area contributed by atoms with E-state index >= 15 is 0 Å². The highest BCUT2D eigenvalue weighted by Gasteiger charge is 2.41. The zero-order valence-corrected chi connectivity index (χ0v) is 17.1. The predicted octanol–water partition coefficient (Wildman–Crippen LogP) is 4.84. The number of imide groups is 1. The first kappa shape index (κ1) is 22.1. The van der Waals surface area contributed by atoms with Crippen LogP contribution in [0, 0.1) is 0 Å². The lowest BCUT2D eigenvalue weighted by Gasteiger charge is -2.23. The van der Waals surface area contributed by atoms with Gasteiger partial charge in [0.25, 0.3) is 11.8 Å². The molecule has 1 aliphatic rings. The first-order valence-electron chi connectivity index (χ1n) is 10.8. The Labute approximate surface area is 168 Å². The Morgan fingerprint density at radius 3 is 1.68 bits per heavy atom. The van der Waals surface area contributed by atoms with Gasteiger partial charge in [-0.05, 0) is 18.6 Å². The van der Waals surface area contributed by atoms with Crippen molar-refractivity contribution in [3.8, 4) is 0 Å². The molecular formula is C23H34N2O3. The Kier molecular flexibility index (Phi) is 9.18. The standard InChI is InChI=1S/C23H34N2O3/c1-2-3-4-5-6-7-8-9-10-11-12-17-20(21(24)26)25-22(27)18-15-13-14-16-19(18)23(25)28/h13-16,20H,2-12,17H2,1H3,(H2,24,26). The van der Waals surface area contributed by atoms with E-state index in [1.165, 1.54) is 51.4 Å². The van der Waals surface area contributed by atoms with Crippen molar-refractivity contribution in [2.45, 2.75) is 90.0 Å². The van der Waals surface area contributed by atoms with Crippen molar-refractivity contribution in [1.29, 1.82) is 0 Å². The molecular weight excluding hydrogens is 352 g/mol. The van der Waals surface area contributed by atoms with Crippen molar-refractivity contribution in [2.24, 2.45) is 5.73 Å². The number of carbonyl (C=O) groups excluding carboxylic acids is 3. The normalized spacial score (nSPS) is 14.4. The molecule has 2 N–H and O–H groups in total. The molecule has 0 fully saturated rings. The maximum absolute atomic E-state index is 12.6. The third kappa shape index (κ3) is 5.91. The van der Waals surface area contributed by atoms with Gasteiger partial charge in [-0.1, -0.05) is 89.7 Å². The Bertz CT molecular complexity index is 637. The summed E-state index contributed by atoms with van der Waals surface area (Å²) >= 11 is 0. The number of fused-ring (bicyclic) bond motifs is 1. The van der Waals surface area contributed by atoms with E-state index in [1.54, 1.807) is 24.3 Å². The summed E-state index contributed by atoms with van der Waals surface area (Å²) in [5.74, 6) is -1.43. The van der Waals surface area contributed by atoms with Crippen LogP contribution in [0.1, 0.15) is 105 Å². The number of amides is 3. The molecule has 0 aromatic heterocycles. The topological polar surface area (TPSA) is 80.5 Å². The number of primary amides is 1. The fourth-order valence-corrected chi connectivity index (χ4v) is 3.89. The molecule has 1 aromatic rings. The van der Waals surface area contributed by atoms with Crippen LogP contribution in [-0.4, -0.2) is 28.7 Å². The molecule has 154 valence electrons. The van der Waals surface area contributed by atoms with Crippen molar-refractivity contribution in [1.82, 2.24) is 4.90 Å². The monoisotopic (exact) mass is 386 g/mol. The van der Waals surface area contributed by atoms with Gasteiger partial charge in [0.05, 0.1) is 11.1 Å². The van der Waals surface area contributed by atoms with E-state index in [2.05, 4.69) is 6.92 Å². The van der Waals surface area contributed by atoms with E-state index in [4.69, 9.17) is 5.73 Å². The van der Waals surface area contributed by atoms with Crippen molar-refractivity contribution in [2.75, 3.05) is 0 Å². The van der Waals surface area contributed by atoms with Gasteiger partial charge in [0.1, 0.15) is 6.04 Å². The van der Waals surface area contributed by atoms with Crippen molar-refractivity contribution in [3.63, 3.8) is 0 Å². The molecule has 0 saturated heterocycles. The smallest absolute Gasteiger partial charge is 0.262 e. The highest BCUT2D eigenvalue weighted by Crippen LogP contribution is 2.26. The first-order chi connectivity index (χ1) is 13.6. The van der Waals surface area contributed by atoms with Gasteiger partial charge in [-0.25, -0.2) is 0 Å². The van der Waals surface area contributed by atoms with Crippen LogP contribution < -0.4 is 5.73 Å². The second-order valence-corrected chi connectivity index (χ2v) is 7.77. The molecule has 5 nitrogen and oxygen atoms in total. The van der Waals surface area contributed by atoms with E-state index < -0.39 is 23.8 Å². The van der Waals surface area contributed by atoms with Gasteiger partial charge in [-0.15, -0.1) is 0 Å². The number of hydrogen-bond donors (Lipinski definition) is 1. The van der Waals surface area contributed by atoms with E-state index in [0.29, 0.717) is 17.5 Å². The molecule has 2 rings (SSSR count). The van der Waals surface area contributed by atoms with Crippen LogP contribution in [0.5, 0.6) is 0 Å². The van der Waals surface area contributed by atoms with Crippen LogP contribution in [0.2, 0.25) is 0 Å². The zero-order valence-electron chi connectivity index (χ0n) is 17.1. The zero-order chi connectivity index (χ0) is 20.4. The third-order valence-electron chi connectivity index (χ3n) is 5.55. The van der Waals surface area contributed by atoms with E-state index in [1.807, 2.05) is 0 Å². The Morgan fingerprint density at radius 1 is 0.821 bits per heavy atom. The highest BCUT2D eigenvalue weighted by atomic mass is 16.2. The van der Waals surface area contributed by atoms with Crippen molar-refractivity contribution >= 4 is 17.7 Å². The third-order valence-corrected chi connectivity index (χ3v) is 5.55. The van der Waals surface area contributed by atoms with Gasteiger partial charge in [-0.2, -0.15) is 0 Å². The maximum Gasteiger partial charge on any atom is 0.262 e. The molecule has 0 aliphatic carbocycles. The van der Waals surface area contributed by atoms with Crippen LogP contribution in [0.3, 0.4) is 0 Å². The summed E-state index contributed by atoms with van der Waals surface area (Å²) in [5, 5.41) is 0. The van der Waals surface area contributed by atoms with Gasteiger partial charge in [0.15, 0.2) is 0 Å². The van der Waals surface area contributed by atoms with Gasteiger partial charge in [-0.3, -0.25) is 19.3 Å². The number of carbonyl (C=O) groups is 3. The number of rotatable bonds is 14. The van der Waals surface area contributed by atoms with Crippen LogP contribution in [-0.2, 0) is 4.79 Å². The number of nitrogens with two attached hydrogens (primary N) is 1. The molecule has 3 amide bonds. The number of unbranched alkanes of at least 4 members (excludes halogenated alkanes) is 10. The van der Waals surface area contributed by atoms with Crippen molar-refractivity contribution in [3.05, 3.63) is 35.4 Å². The molecule has 1 aromatic carbocycles. The summed E-state index contributed by atoms with van der Waals surface area (Å²) in [6.07, 6.45) is 13.7. The fraction of sp³-hybridized carbons (Fsp3) is 0.609. The van der Waals surface area contributed by atoms with Crippen molar-refractivity contribution < 1.29 is 14.4 Å². The molecule has 1 heterocycles. The van der Waals surface area contributed by atoms with Gasteiger partial charge >= 0.3 is 0 Å². The van der Waals surface area contributed by atoms with Crippen LogP contribution in [0.4, 0.5) is 0 Å². The molecule has 28 heavy (non-hydrogen) atoms. The van der Waals surface area contributed by atoms with E-state index in [-0.39, 0.29) is 0 Å². The molecule has 1 aliphatic heterocycles. The summed E-state index contributed by atoms with van der Waals surface area (Å²) in [4.78, 5) is 38.1. The van der Waals surface area contributed by atoms with Crippen LogP contribution >= 0.6 is 0 Å². The first-order valence-corrected chi connectivity index (χ1v) is 10.8. The second-order valence-electron chi connectivity index (χ2n) is 7.77. The summed E-state index contributed by atoms with van der Waals surface area (Å²) < 4.78 is 0. The lowest BCUT2D eigenvalue weighted by Crippen LogP contribution is -2.47. The maximum atomic E-state index is 12.6. The number of benzene rings is 1. The predicted molar refractivity (Wildman–Crippen MR) is 111 cm³/mol. The van der Waals surface area contributed by atoms with Gasteiger partial charge in [0, 0.05) is 0 Å². The SMILES string of the molecule is CCCCCCCCCCCCCC(C(N)=O)N1C(=O)c2ccccc2C1=O.